The van der Waals surface area contributed by atoms with Crippen molar-refractivity contribution in [3.63, 3.8) is 0 Å². The number of carboxylic acids is 1. The smallest absolute Gasteiger partial charge is 0.373 e. The first-order valence-corrected chi connectivity index (χ1v) is 4.02. The summed E-state index contributed by atoms with van der Waals surface area (Å²) < 4.78 is 9.48. The first-order valence-electron chi connectivity index (χ1n) is 4.02. The van der Waals surface area contributed by atoms with Crippen LogP contribution in [0.25, 0.3) is 0 Å². The van der Waals surface area contributed by atoms with Gasteiger partial charge in [0.1, 0.15) is 5.76 Å². The van der Waals surface area contributed by atoms with Crippen molar-refractivity contribution >= 4 is 11.9 Å². The standard InChI is InChI=1S/C9H10O5/c1-13-9(12)7-4-2-6(14-7)3-5-8(10)11/h2,4H,3,5H2,1H3,(H,10,11). The zero-order valence-electron chi connectivity index (χ0n) is 7.65. The molecule has 0 spiro atoms. The van der Waals surface area contributed by atoms with Gasteiger partial charge in [0.15, 0.2) is 0 Å². The van der Waals surface area contributed by atoms with Crippen molar-refractivity contribution in [1.29, 1.82) is 0 Å². The zero-order chi connectivity index (χ0) is 10.6. The average Bonchev–Trinajstić information content (AvgIpc) is 2.62. The van der Waals surface area contributed by atoms with Crippen LogP contribution in [-0.2, 0) is 16.0 Å². The van der Waals surface area contributed by atoms with Gasteiger partial charge in [0.2, 0.25) is 5.76 Å². The lowest BCUT2D eigenvalue weighted by Crippen LogP contribution is -1.99. The fourth-order valence-corrected chi connectivity index (χ4v) is 0.953. The number of carbonyl (C=O) groups excluding carboxylic acids is 1. The zero-order valence-corrected chi connectivity index (χ0v) is 7.65. The van der Waals surface area contributed by atoms with E-state index in [0.717, 1.165) is 0 Å². The Labute approximate surface area is 80.3 Å². The minimum atomic E-state index is -0.902. The molecule has 0 aliphatic heterocycles. The van der Waals surface area contributed by atoms with E-state index in [1.54, 1.807) is 6.07 Å². The molecule has 0 aliphatic carbocycles. The van der Waals surface area contributed by atoms with Crippen LogP contribution in [0.4, 0.5) is 0 Å². The largest absolute Gasteiger partial charge is 0.481 e. The van der Waals surface area contributed by atoms with Crippen LogP contribution in [-0.4, -0.2) is 24.2 Å². The SMILES string of the molecule is COC(=O)c1ccc(CCC(=O)O)o1. The monoisotopic (exact) mass is 198 g/mol. The number of esters is 1. The Bertz CT molecular complexity index is 339. The average molecular weight is 198 g/mol. The van der Waals surface area contributed by atoms with Crippen LogP contribution in [0.2, 0.25) is 0 Å². The van der Waals surface area contributed by atoms with Crippen molar-refractivity contribution < 1.29 is 23.8 Å². The highest BCUT2D eigenvalue weighted by Gasteiger charge is 2.11. The minimum absolute atomic E-state index is 0.0197. The molecule has 0 amide bonds. The molecule has 0 saturated carbocycles. The van der Waals surface area contributed by atoms with Crippen LogP contribution in [0.15, 0.2) is 16.5 Å². The van der Waals surface area contributed by atoms with E-state index >= 15 is 0 Å². The number of ether oxygens (including phenoxy) is 1. The molecule has 1 aromatic heterocycles. The van der Waals surface area contributed by atoms with Crippen LogP contribution in [0.1, 0.15) is 22.7 Å². The lowest BCUT2D eigenvalue weighted by atomic mass is 10.2. The molecular weight excluding hydrogens is 188 g/mol. The van der Waals surface area contributed by atoms with Crippen molar-refractivity contribution in [2.24, 2.45) is 0 Å². The molecule has 1 N–H and O–H groups in total. The van der Waals surface area contributed by atoms with Gasteiger partial charge in [0, 0.05) is 6.42 Å². The number of methoxy groups -OCH3 is 1. The van der Waals surface area contributed by atoms with E-state index < -0.39 is 11.9 Å². The summed E-state index contributed by atoms with van der Waals surface area (Å²) in [6.45, 7) is 0. The number of carbonyl (C=O) groups is 2. The minimum Gasteiger partial charge on any atom is -0.481 e. The maximum Gasteiger partial charge on any atom is 0.373 e. The van der Waals surface area contributed by atoms with Gasteiger partial charge in [-0.3, -0.25) is 4.79 Å². The molecule has 14 heavy (non-hydrogen) atoms. The first kappa shape index (κ1) is 10.3. The van der Waals surface area contributed by atoms with Gasteiger partial charge in [-0.25, -0.2) is 4.79 Å². The second-order valence-corrected chi connectivity index (χ2v) is 2.65. The number of rotatable bonds is 4. The van der Waals surface area contributed by atoms with Gasteiger partial charge in [0.05, 0.1) is 13.5 Å². The Morgan fingerprint density at radius 1 is 1.50 bits per heavy atom. The lowest BCUT2D eigenvalue weighted by Gasteiger charge is -1.94. The fourth-order valence-electron chi connectivity index (χ4n) is 0.953. The summed E-state index contributed by atoms with van der Waals surface area (Å²) in [5.41, 5.74) is 0. The molecule has 0 radical (unpaired) electrons. The summed E-state index contributed by atoms with van der Waals surface area (Å²) in [6, 6.07) is 3.03. The summed E-state index contributed by atoms with van der Waals surface area (Å²) in [5, 5.41) is 8.40. The molecule has 1 heterocycles. The molecule has 0 unspecified atom stereocenters. The van der Waals surface area contributed by atoms with Gasteiger partial charge in [-0.1, -0.05) is 0 Å². The van der Waals surface area contributed by atoms with Gasteiger partial charge >= 0.3 is 11.9 Å². The molecule has 0 saturated heterocycles. The van der Waals surface area contributed by atoms with E-state index in [0.29, 0.717) is 5.76 Å². The molecule has 0 bridgehead atoms. The van der Waals surface area contributed by atoms with Crippen molar-refractivity contribution in [2.75, 3.05) is 7.11 Å². The predicted molar refractivity (Wildman–Crippen MR) is 46.0 cm³/mol. The summed E-state index contributed by atoms with van der Waals surface area (Å²) in [6.07, 6.45) is 0.250. The number of aliphatic carboxylic acids is 1. The van der Waals surface area contributed by atoms with Crippen LogP contribution in [0.5, 0.6) is 0 Å². The van der Waals surface area contributed by atoms with Gasteiger partial charge in [-0.05, 0) is 12.1 Å². The maximum atomic E-state index is 10.9. The van der Waals surface area contributed by atoms with E-state index in [1.165, 1.54) is 13.2 Å². The van der Waals surface area contributed by atoms with Crippen LogP contribution in [0.3, 0.4) is 0 Å². The highest BCUT2D eigenvalue weighted by Crippen LogP contribution is 2.10. The quantitative estimate of drug-likeness (QED) is 0.732. The second kappa shape index (κ2) is 4.45. The van der Waals surface area contributed by atoms with Crippen molar-refractivity contribution in [3.8, 4) is 0 Å². The molecule has 0 aromatic carbocycles. The molecule has 1 aromatic rings. The number of aryl methyl sites for hydroxylation is 1. The van der Waals surface area contributed by atoms with Crippen molar-refractivity contribution in [3.05, 3.63) is 23.7 Å². The van der Waals surface area contributed by atoms with E-state index in [1.807, 2.05) is 0 Å². The normalized spacial score (nSPS) is 9.79. The van der Waals surface area contributed by atoms with E-state index in [4.69, 9.17) is 9.52 Å². The van der Waals surface area contributed by atoms with Crippen molar-refractivity contribution in [1.82, 2.24) is 0 Å². The highest BCUT2D eigenvalue weighted by molar-refractivity contribution is 5.86. The van der Waals surface area contributed by atoms with Crippen molar-refractivity contribution in [2.45, 2.75) is 12.8 Å². The Kier molecular flexibility index (Phi) is 3.28. The Balaban J connectivity index is 2.59. The first-order chi connectivity index (χ1) is 6.63. The highest BCUT2D eigenvalue weighted by atomic mass is 16.5. The van der Waals surface area contributed by atoms with E-state index in [2.05, 4.69) is 4.74 Å². The third-order valence-electron chi connectivity index (χ3n) is 1.63. The molecular formula is C9H10O5. The van der Waals surface area contributed by atoms with Crippen LogP contribution < -0.4 is 0 Å². The molecule has 5 heteroatoms. The molecule has 5 nitrogen and oxygen atoms in total. The summed E-state index contributed by atoms with van der Waals surface area (Å²) in [7, 11) is 1.25. The number of furan rings is 1. The number of hydrogen-bond acceptors (Lipinski definition) is 4. The Morgan fingerprint density at radius 2 is 2.21 bits per heavy atom. The fraction of sp³-hybridized carbons (Fsp3) is 0.333. The van der Waals surface area contributed by atoms with Gasteiger partial charge < -0.3 is 14.3 Å². The predicted octanol–water partition coefficient (Wildman–Crippen LogP) is 1.08. The molecule has 0 aliphatic rings. The van der Waals surface area contributed by atoms with Gasteiger partial charge in [0.25, 0.3) is 0 Å². The number of carboxylic acid groups (broad SMARTS) is 1. The van der Waals surface area contributed by atoms with Crippen LogP contribution in [0, 0.1) is 0 Å². The van der Waals surface area contributed by atoms with Gasteiger partial charge in [-0.15, -0.1) is 0 Å². The summed E-state index contributed by atoms with van der Waals surface area (Å²) in [4.78, 5) is 21.2. The molecule has 0 fully saturated rings. The Hall–Kier alpha value is -1.78. The third kappa shape index (κ3) is 2.62. The summed E-state index contributed by atoms with van der Waals surface area (Å²) >= 11 is 0. The van der Waals surface area contributed by atoms with E-state index in [9.17, 15) is 9.59 Å². The molecule has 76 valence electrons. The topological polar surface area (TPSA) is 76.7 Å². The van der Waals surface area contributed by atoms with Crippen LogP contribution >= 0.6 is 0 Å². The van der Waals surface area contributed by atoms with Gasteiger partial charge in [-0.2, -0.15) is 0 Å². The Morgan fingerprint density at radius 3 is 2.79 bits per heavy atom. The number of hydrogen-bond donors (Lipinski definition) is 1. The maximum absolute atomic E-state index is 10.9. The summed E-state index contributed by atoms with van der Waals surface area (Å²) in [5.74, 6) is -0.909. The molecule has 1 rings (SSSR count). The second-order valence-electron chi connectivity index (χ2n) is 2.65. The van der Waals surface area contributed by atoms with E-state index in [-0.39, 0.29) is 18.6 Å². The lowest BCUT2D eigenvalue weighted by molar-refractivity contribution is -0.137. The molecule has 0 atom stereocenters. The third-order valence-corrected chi connectivity index (χ3v) is 1.63.